The Labute approximate surface area is 87.3 Å². The molecular formula is C10H12O5. The van der Waals surface area contributed by atoms with Gasteiger partial charge in [0.05, 0.1) is 19.8 Å². The number of epoxide rings is 1. The van der Waals surface area contributed by atoms with Crippen LogP contribution < -0.4 is 0 Å². The average Bonchev–Trinajstić information content (AvgIpc) is 2.94. The van der Waals surface area contributed by atoms with Crippen molar-refractivity contribution in [2.75, 3.05) is 19.8 Å². The lowest BCUT2D eigenvalue weighted by molar-refractivity contribution is -0.150. The molecule has 2 heterocycles. The number of ether oxygens (including phenoxy) is 3. The van der Waals surface area contributed by atoms with E-state index in [1.807, 2.05) is 0 Å². The molecule has 1 atom stereocenters. The predicted octanol–water partition coefficient (Wildman–Crippen LogP) is 0.214. The first-order chi connectivity index (χ1) is 7.22. The zero-order chi connectivity index (χ0) is 11.1. The van der Waals surface area contributed by atoms with Crippen LogP contribution in [0.25, 0.3) is 0 Å². The second-order valence-corrected chi connectivity index (χ2v) is 2.85. The fraction of sp³-hybridized carbons (Fsp3) is 0.400. The lowest BCUT2D eigenvalue weighted by atomic mass is 10.5. The van der Waals surface area contributed by atoms with Crippen molar-refractivity contribution in [1.29, 1.82) is 0 Å². The summed E-state index contributed by atoms with van der Waals surface area (Å²) >= 11 is 0. The standard InChI is InChI=1S/C6H10O2.C4H2O3/c1-2-3-7-4-6-5-8-6;5-3-1-2-4(6)7-3/h2,6H,1,3-5H2;1-2H. The van der Waals surface area contributed by atoms with Gasteiger partial charge >= 0.3 is 11.9 Å². The molecule has 82 valence electrons. The number of hydrogen-bond acceptors (Lipinski definition) is 5. The van der Waals surface area contributed by atoms with Crippen LogP contribution in [0.3, 0.4) is 0 Å². The normalized spacial score (nSPS) is 21.7. The van der Waals surface area contributed by atoms with Crippen LogP contribution in [0.4, 0.5) is 0 Å². The van der Waals surface area contributed by atoms with Crippen molar-refractivity contribution in [3.05, 3.63) is 24.8 Å². The molecule has 2 aliphatic heterocycles. The van der Waals surface area contributed by atoms with E-state index in [1.54, 1.807) is 6.08 Å². The molecule has 1 unspecified atom stereocenters. The van der Waals surface area contributed by atoms with Gasteiger partial charge in [-0.1, -0.05) is 6.08 Å². The van der Waals surface area contributed by atoms with Crippen LogP contribution in [-0.2, 0) is 23.8 Å². The zero-order valence-electron chi connectivity index (χ0n) is 8.18. The topological polar surface area (TPSA) is 65.1 Å². The highest BCUT2D eigenvalue weighted by Crippen LogP contribution is 2.07. The van der Waals surface area contributed by atoms with E-state index in [2.05, 4.69) is 11.3 Å². The molecule has 5 heteroatoms. The second kappa shape index (κ2) is 6.10. The van der Waals surface area contributed by atoms with Gasteiger partial charge in [0, 0.05) is 12.2 Å². The minimum atomic E-state index is -0.579. The maximum Gasteiger partial charge on any atom is 0.338 e. The van der Waals surface area contributed by atoms with E-state index in [4.69, 9.17) is 9.47 Å². The Bertz CT molecular complexity index is 262. The number of rotatable bonds is 4. The van der Waals surface area contributed by atoms with Crippen molar-refractivity contribution in [3.8, 4) is 0 Å². The summed E-state index contributed by atoms with van der Waals surface area (Å²) in [6, 6.07) is 0. The van der Waals surface area contributed by atoms with Gasteiger partial charge in [-0.05, 0) is 0 Å². The minimum absolute atomic E-state index is 0.384. The fourth-order valence-electron chi connectivity index (χ4n) is 0.750. The molecule has 0 bridgehead atoms. The molecule has 0 amide bonds. The van der Waals surface area contributed by atoms with Gasteiger partial charge in [0.1, 0.15) is 6.10 Å². The molecule has 0 aromatic carbocycles. The number of carbonyl (C=O) groups is 2. The third kappa shape index (κ3) is 5.77. The maximum absolute atomic E-state index is 9.92. The SMILES string of the molecule is C=CCOCC1CO1.O=C1C=CC(=O)O1. The van der Waals surface area contributed by atoms with Crippen LogP contribution >= 0.6 is 0 Å². The van der Waals surface area contributed by atoms with E-state index in [0.29, 0.717) is 12.7 Å². The van der Waals surface area contributed by atoms with Crippen molar-refractivity contribution in [2.24, 2.45) is 0 Å². The van der Waals surface area contributed by atoms with Gasteiger partial charge in [-0.25, -0.2) is 9.59 Å². The lowest BCUT2D eigenvalue weighted by Crippen LogP contribution is -2.00. The molecule has 0 saturated carbocycles. The first kappa shape index (κ1) is 11.6. The summed E-state index contributed by atoms with van der Waals surface area (Å²) < 4.78 is 13.9. The predicted molar refractivity (Wildman–Crippen MR) is 51.0 cm³/mol. The van der Waals surface area contributed by atoms with Crippen molar-refractivity contribution in [3.63, 3.8) is 0 Å². The highest BCUT2D eigenvalue weighted by molar-refractivity contribution is 6.04. The largest absolute Gasteiger partial charge is 0.387 e. The molecule has 2 aliphatic rings. The molecular weight excluding hydrogens is 200 g/mol. The molecule has 1 saturated heterocycles. The highest BCUT2D eigenvalue weighted by Gasteiger charge is 2.21. The number of cyclic esters (lactones) is 2. The zero-order valence-corrected chi connectivity index (χ0v) is 8.18. The van der Waals surface area contributed by atoms with Crippen LogP contribution in [0.1, 0.15) is 0 Å². The Kier molecular flexibility index (Phi) is 4.73. The summed E-state index contributed by atoms with van der Waals surface area (Å²) in [6.45, 7) is 5.75. The molecule has 2 rings (SSSR count). The van der Waals surface area contributed by atoms with Crippen LogP contribution in [0.5, 0.6) is 0 Å². The summed E-state index contributed by atoms with van der Waals surface area (Å²) in [5.41, 5.74) is 0. The number of esters is 2. The number of carbonyl (C=O) groups excluding carboxylic acids is 2. The molecule has 15 heavy (non-hydrogen) atoms. The summed E-state index contributed by atoms with van der Waals surface area (Å²) in [4.78, 5) is 19.8. The van der Waals surface area contributed by atoms with E-state index in [9.17, 15) is 9.59 Å². The lowest BCUT2D eigenvalue weighted by Gasteiger charge is -1.92. The summed E-state index contributed by atoms with van der Waals surface area (Å²) in [5.74, 6) is -1.16. The van der Waals surface area contributed by atoms with Crippen molar-refractivity contribution < 1.29 is 23.8 Å². The molecule has 0 radical (unpaired) electrons. The van der Waals surface area contributed by atoms with Gasteiger partial charge in [0.2, 0.25) is 0 Å². The Hall–Kier alpha value is -1.46. The molecule has 5 nitrogen and oxygen atoms in total. The Morgan fingerprint density at radius 1 is 1.47 bits per heavy atom. The summed E-state index contributed by atoms with van der Waals surface area (Å²) in [7, 11) is 0. The van der Waals surface area contributed by atoms with E-state index in [-0.39, 0.29) is 0 Å². The minimum Gasteiger partial charge on any atom is -0.387 e. The number of hydrogen-bond donors (Lipinski definition) is 0. The molecule has 0 aliphatic carbocycles. The van der Waals surface area contributed by atoms with Crippen molar-refractivity contribution in [2.45, 2.75) is 6.10 Å². The van der Waals surface area contributed by atoms with E-state index < -0.39 is 11.9 Å². The molecule has 0 aromatic rings. The fourth-order valence-corrected chi connectivity index (χ4v) is 0.750. The smallest absolute Gasteiger partial charge is 0.338 e. The molecule has 0 aromatic heterocycles. The van der Waals surface area contributed by atoms with Gasteiger partial charge in [0.25, 0.3) is 0 Å². The highest BCUT2D eigenvalue weighted by atomic mass is 16.6. The van der Waals surface area contributed by atoms with Crippen LogP contribution in [0.2, 0.25) is 0 Å². The average molecular weight is 212 g/mol. The molecule has 0 N–H and O–H groups in total. The Morgan fingerprint density at radius 3 is 2.40 bits per heavy atom. The third-order valence-electron chi connectivity index (χ3n) is 1.50. The Morgan fingerprint density at radius 2 is 2.07 bits per heavy atom. The first-order valence-electron chi connectivity index (χ1n) is 4.46. The van der Waals surface area contributed by atoms with Gasteiger partial charge in [-0.2, -0.15) is 0 Å². The Balaban J connectivity index is 0.000000151. The van der Waals surface area contributed by atoms with Gasteiger partial charge in [-0.3, -0.25) is 0 Å². The molecule has 1 fully saturated rings. The van der Waals surface area contributed by atoms with Crippen LogP contribution in [0.15, 0.2) is 24.8 Å². The van der Waals surface area contributed by atoms with Crippen molar-refractivity contribution in [1.82, 2.24) is 0 Å². The maximum atomic E-state index is 9.92. The van der Waals surface area contributed by atoms with Crippen molar-refractivity contribution >= 4 is 11.9 Å². The van der Waals surface area contributed by atoms with Gasteiger partial charge in [0.15, 0.2) is 0 Å². The van der Waals surface area contributed by atoms with E-state index in [0.717, 1.165) is 25.4 Å². The van der Waals surface area contributed by atoms with E-state index in [1.165, 1.54) is 0 Å². The van der Waals surface area contributed by atoms with Crippen LogP contribution in [0, 0.1) is 0 Å². The van der Waals surface area contributed by atoms with Gasteiger partial charge < -0.3 is 14.2 Å². The third-order valence-corrected chi connectivity index (χ3v) is 1.50. The summed E-state index contributed by atoms with van der Waals surface area (Å²) in [5, 5.41) is 0. The quantitative estimate of drug-likeness (QED) is 0.219. The monoisotopic (exact) mass is 212 g/mol. The van der Waals surface area contributed by atoms with Gasteiger partial charge in [-0.15, -0.1) is 6.58 Å². The molecule has 0 spiro atoms. The van der Waals surface area contributed by atoms with Crippen LogP contribution in [-0.4, -0.2) is 37.9 Å². The summed E-state index contributed by atoms with van der Waals surface area (Å²) in [6.07, 6.45) is 4.29. The second-order valence-electron chi connectivity index (χ2n) is 2.85. The van der Waals surface area contributed by atoms with E-state index >= 15 is 0 Å². The first-order valence-corrected chi connectivity index (χ1v) is 4.46.